The quantitative estimate of drug-likeness (QED) is 0.721. The van der Waals surface area contributed by atoms with Crippen LogP contribution in [0.25, 0.3) is 0 Å². The predicted molar refractivity (Wildman–Crippen MR) is 65.3 cm³/mol. The van der Waals surface area contributed by atoms with Gasteiger partial charge in [-0.1, -0.05) is 22.9 Å². The van der Waals surface area contributed by atoms with Gasteiger partial charge in [0.1, 0.15) is 5.78 Å². The molecular formula is C12H20BrNO. The minimum absolute atomic E-state index is 0.121. The molecule has 1 aliphatic heterocycles. The Morgan fingerprint density at radius 3 is 3.07 bits per heavy atom. The molecule has 86 valence electrons. The number of carbonyl (C=O) groups excluding carboxylic acids is 1. The monoisotopic (exact) mass is 273 g/mol. The fourth-order valence-corrected chi connectivity index (χ4v) is 3.66. The number of carbonyl (C=O) groups is 1. The first-order valence-corrected chi connectivity index (χ1v) is 7.04. The standard InChI is InChI=1S/C12H20BrNO/c1-2-5-14-6-3-4-9-7-12(15)10(13)8-11(9)14/h9-11H,2-8H2,1H3/t9-,10?,11-/m0/s1. The maximum Gasteiger partial charge on any atom is 0.146 e. The summed E-state index contributed by atoms with van der Waals surface area (Å²) in [7, 11) is 0. The van der Waals surface area contributed by atoms with Crippen LogP contribution in [0.2, 0.25) is 0 Å². The molecular weight excluding hydrogens is 254 g/mol. The maximum absolute atomic E-state index is 11.6. The summed E-state index contributed by atoms with van der Waals surface area (Å²) in [5.74, 6) is 1.07. The van der Waals surface area contributed by atoms with Crippen LogP contribution in [0.1, 0.15) is 39.0 Å². The van der Waals surface area contributed by atoms with Crippen molar-refractivity contribution in [3.05, 3.63) is 0 Å². The van der Waals surface area contributed by atoms with E-state index >= 15 is 0 Å². The van der Waals surface area contributed by atoms with E-state index in [-0.39, 0.29) is 4.83 Å². The third-order valence-electron chi connectivity index (χ3n) is 3.81. The topological polar surface area (TPSA) is 20.3 Å². The van der Waals surface area contributed by atoms with E-state index in [4.69, 9.17) is 0 Å². The summed E-state index contributed by atoms with van der Waals surface area (Å²) >= 11 is 3.52. The van der Waals surface area contributed by atoms with E-state index in [0.29, 0.717) is 17.7 Å². The average molecular weight is 274 g/mol. The van der Waals surface area contributed by atoms with Gasteiger partial charge in [-0.2, -0.15) is 0 Å². The van der Waals surface area contributed by atoms with E-state index in [1.54, 1.807) is 0 Å². The zero-order valence-electron chi connectivity index (χ0n) is 9.42. The molecule has 0 spiro atoms. The Morgan fingerprint density at radius 2 is 2.33 bits per heavy atom. The molecule has 0 bridgehead atoms. The van der Waals surface area contributed by atoms with Gasteiger partial charge in [-0.15, -0.1) is 0 Å². The molecule has 2 rings (SSSR count). The Hall–Kier alpha value is 0.110. The number of likely N-dealkylation sites (tertiary alicyclic amines) is 1. The lowest BCUT2D eigenvalue weighted by atomic mass is 9.77. The minimum atomic E-state index is 0.121. The van der Waals surface area contributed by atoms with E-state index in [1.165, 1.54) is 32.4 Å². The Bertz CT molecular complexity index is 242. The third kappa shape index (κ3) is 2.44. The summed E-state index contributed by atoms with van der Waals surface area (Å²) in [5, 5.41) is 0. The summed E-state index contributed by atoms with van der Waals surface area (Å²) in [6, 6.07) is 0.667. The molecule has 0 aromatic heterocycles. The molecule has 0 N–H and O–H groups in total. The van der Waals surface area contributed by atoms with Gasteiger partial charge in [-0.05, 0) is 44.7 Å². The first-order chi connectivity index (χ1) is 7.22. The molecule has 15 heavy (non-hydrogen) atoms. The number of piperidine rings is 1. The van der Waals surface area contributed by atoms with Crippen LogP contribution in [0.3, 0.4) is 0 Å². The number of alkyl halides is 1. The summed E-state index contributed by atoms with van der Waals surface area (Å²) < 4.78 is 0. The van der Waals surface area contributed by atoms with Crippen molar-refractivity contribution in [1.82, 2.24) is 4.90 Å². The van der Waals surface area contributed by atoms with Gasteiger partial charge in [-0.3, -0.25) is 4.79 Å². The van der Waals surface area contributed by atoms with Crippen molar-refractivity contribution >= 4 is 21.7 Å². The second-order valence-corrected chi connectivity index (χ2v) is 5.98. The lowest BCUT2D eigenvalue weighted by molar-refractivity contribution is -0.123. The molecule has 1 unspecified atom stereocenters. The Kier molecular flexibility index (Phi) is 3.83. The fourth-order valence-electron chi connectivity index (χ4n) is 3.09. The van der Waals surface area contributed by atoms with Crippen molar-refractivity contribution in [2.75, 3.05) is 13.1 Å². The van der Waals surface area contributed by atoms with E-state index in [2.05, 4.69) is 27.8 Å². The predicted octanol–water partition coefficient (Wildman–Crippen LogP) is 2.60. The van der Waals surface area contributed by atoms with Crippen molar-refractivity contribution in [3.63, 3.8) is 0 Å². The van der Waals surface area contributed by atoms with Crippen LogP contribution in [-0.2, 0) is 4.79 Å². The van der Waals surface area contributed by atoms with Gasteiger partial charge in [0.2, 0.25) is 0 Å². The second-order valence-electron chi connectivity index (χ2n) is 4.88. The smallest absolute Gasteiger partial charge is 0.146 e. The van der Waals surface area contributed by atoms with Gasteiger partial charge in [0.15, 0.2) is 0 Å². The van der Waals surface area contributed by atoms with Crippen LogP contribution in [-0.4, -0.2) is 34.6 Å². The zero-order chi connectivity index (χ0) is 10.8. The van der Waals surface area contributed by atoms with Gasteiger partial charge in [0.25, 0.3) is 0 Å². The Balaban J connectivity index is 2.03. The van der Waals surface area contributed by atoms with Gasteiger partial charge in [0.05, 0.1) is 4.83 Å². The molecule has 0 amide bonds. The van der Waals surface area contributed by atoms with E-state index < -0.39 is 0 Å². The molecule has 1 saturated heterocycles. The van der Waals surface area contributed by atoms with Gasteiger partial charge >= 0.3 is 0 Å². The number of hydrogen-bond donors (Lipinski definition) is 0. The molecule has 2 nitrogen and oxygen atoms in total. The minimum Gasteiger partial charge on any atom is -0.300 e. The van der Waals surface area contributed by atoms with Crippen LogP contribution in [0.5, 0.6) is 0 Å². The van der Waals surface area contributed by atoms with Crippen LogP contribution in [0, 0.1) is 5.92 Å². The molecule has 2 fully saturated rings. The molecule has 1 saturated carbocycles. The Labute approximate surface area is 101 Å². The summed E-state index contributed by atoms with van der Waals surface area (Å²) in [4.78, 5) is 14.4. The number of rotatable bonds is 2. The molecule has 3 atom stereocenters. The molecule has 0 aromatic rings. The summed E-state index contributed by atoms with van der Waals surface area (Å²) in [6.07, 6.45) is 5.60. The number of Topliss-reactive ketones (excluding diaryl/α,β-unsaturated/α-hetero) is 1. The van der Waals surface area contributed by atoms with E-state index in [9.17, 15) is 4.79 Å². The number of hydrogen-bond acceptors (Lipinski definition) is 2. The number of nitrogens with zero attached hydrogens (tertiary/aromatic N) is 1. The van der Waals surface area contributed by atoms with Gasteiger partial charge in [-0.25, -0.2) is 0 Å². The summed E-state index contributed by atoms with van der Waals surface area (Å²) in [5.41, 5.74) is 0. The van der Waals surface area contributed by atoms with Gasteiger partial charge < -0.3 is 4.90 Å². The first-order valence-electron chi connectivity index (χ1n) is 6.13. The highest BCUT2D eigenvalue weighted by atomic mass is 79.9. The van der Waals surface area contributed by atoms with Crippen molar-refractivity contribution < 1.29 is 4.79 Å². The molecule has 1 aliphatic carbocycles. The maximum atomic E-state index is 11.6. The average Bonchev–Trinajstić information content (AvgIpc) is 2.21. The normalized spacial score (nSPS) is 37.7. The SMILES string of the molecule is CCCN1CCC[C@H]2CC(=O)C(Br)C[C@@H]21. The van der Waals surface area contributed by atoms with Gasteiger partial charge in [0, 0.05) is 12.5 Å². The van der Waals surface area contributed by atoms with Crippen LogP contribution >= 0.6 is 15.9 Å². The number of ketones is 1. The second kappa shape index (κ2) is 4.96. The molecule has 0 radical (unpaired) electrons. The molecule has 2 aliphatic rings. The van der Waals surface area contributed by atoms with E-state index in [1.807, 2.05) is 0 Å². The lowest BCUT2D eigenvalue weighted by Crippen LogP contribution is -2.51. The highest BCUT2D eigenvalue weighted by Crippen LogP contribution is 2.36. The van der Waals surface area contributed by atoms with Crippen LogP contribution in [0.15, 0.2) is 0 Å². The molecule has 3 heteroatoms. The van der Waals surface area contributed by atoms with Crippen molar-refractivity contribution in [1.29, 1.82) is 0 Å². The highest BCUT2D eigenvalue weighted by molar-refractivity contribution is 9.10. The number of halogens is 1. The molecule has 1 heterocycles. The van der Waals surface area contributed by atoms with Crippen molar-refractivity contribution in [3.8, 4) is 0 Å². The fraction of sp³-hybridized carbons (Fsp3) is 0.917. The largest absolute Gasteiger partial charge is 0.300 e. The van der Waals surface area contributed by atoms with Crippen molar-refractivity contribution in [2.45, 2.75) is 49.9 Å². The zero-order valence-corrected chi connectivity index (χ0v) is 11.0. The Morgan fingerprint density at radius 1 is 1.53 bits per heavy atom. The van der Waals surface area contributed by atoms with E-state index in [0.717, 1.165) is 12.8 Å². The molecule has 0 aromatic carbocycles. The first kappa shape index (κ1) is 11.6. The number of fused-ring (bicyclic) bond motifs is 1. The summed E-state index contributed by atoms with van der Waals surface area (Å²) in [6.45, 7) is 4.68. The third-order valence-corrected chi connectivity index (χ3v) is 4.69. The lowest BCUT2D eigenvalue weighted by Gasteiger charge is -2.44. The highest BCUT2D eigenvalue weighted by Gasteiger charge is 2.39. The van der Waals surface area contributed by atoms with Crippen molar-refractivity contribution in [2.24, 2.45) is 5.92 Å². The van der Waals surface area contributed by atoms with Crippen LogP contribution in [0.4, 0.5) is 0 Å². The van der Waals surface area contributed by atoms with Crippen LogP contribution < -0.4 is 0 Å².